The number of hydrogen-bond acceptors (Lipinski definition) is 1. The van der Waals surface area contributed by atoms with Crippen LogP contribution in [0.15, 0.2) is 0 Å². The van der Waals surface area contributed by atoms with Gasteiger partial charge in [-0.25, -0.2) is 4.79 Å². The van der Waals surface area contributed by atoms with Gasteiger partial charge in [0.2, 0.25) is 0 Å². The Kier molecular flexibility index (Phi) is 5.18. The first-order valence-corrected chi connectivity index (χ1v) is 4.56. The fraction of sp³-hybridized carbons (Fsp3) is 0.750. The summed E-state index contributed by atoms with van der Waals surface area (Å²) in [7, 11) is 0. The van der Waals surface area contributed by atoms with Gasteiger partial charge in [0.05, 0.1) is 6.04 Å². The van der Waals surface area contributed by atoms with E-state index in [1.807, 2.05) is 0 Å². The highest BCUT2D eigenvalue weighted by molar-refractivity contribution is 9.09. The zero-order valence-electron chi connectivity index (χ0n) is 4.60. The van der Waals surface area contributed by atoms with Gasteiger partial charge in [-0.1, -0.05) is 31.9 Å². The van der Waals surface area contributed by atoms with Crippen LogP contribution in [0.1, 0.15) is 0 Å². The summed E-state index contributed by atoms with van der Waals surface area (Å²) in [5.74, 6) is 0. The highest BCUT2D eigenvalue weighted by Gasteiger charge is 2.05. The van der Waals surface area contributed by atoms with Crippen molar-refractivity contribution >= 4 is 38.0 Å². The topological polar surface area (TPSA) is 49.3 Å². The van der Waals surface area contributed by atoms with Crippen molar-refractivity contribution in [3.8, 4) is 0 Å². The molecule has 0 aromatic heterocycles. The molecule has 3 nitrogen and oxygen atoms in total. The van der Waals surface area contributed by atoms with E-state index in [0.717, 1.165) is 0 Å². The summed E-state index contributed by atoms with van der Waals surface area (Å²) >= 11 is 6.30. The lowest BCUT2D eigenvalue weighted by Crippen LogP contribution is -2.35. The van der Waals surface area contributed by atoms with Crippen LogP contribution in [0.2, 0.25) is 0 Å². The number of halogens is 2. The molecule has 0 bridgehead atoms. The molecule has 0 unspecified atom stereocenters. The molecule has 0 heterocycles. The molecule has 0 atom stereocenters. The fourth-order valence-electron chi connectivity index (χ4n) is 0.293. The van der Waals surface area contributed by atoms with Crippen molar-refractivity contribution in [2.75, 3.05) is 10.7 Å². The molecule has 0 aromatic carbocycles. The maximum Gasteiger partial charge on any atom is 0.404 e. The molecule has 0 aliphatic rings. The molecule has 54 valence electrons. The number of hydrogen-bond donors (Lipinski definition) is 2. The molecule has 0 fully saturated rings. The zero-order valence-corrected chi connectivity index (χ0v) is 7.77. The molecule has 0 spiro atoms. The van der Waals surface area contributed by atoms with E-state index in [1.54, 1.807) is 0 Å². The largest absolute Gasteiger partial charge is 0.465 e. The first-order chi connectivity index (χ1) is 4.20. The predicted octanol–water partition coefficient (Wildman–Crippen LogP) is 1.41. The molecule has 0 saturated carbocycles. The molecule has 0 rings (SSSR count). The van der Waals surface area contributed by atoms with Crippen LogP contribution in [0.4, 0.5) is 4.79 Å². The Morgan fingerprint density at radius 1 is 1.56 bits per heavy atom. The van der Waals surface area contributed by atoms with Gasteiger partial charge in [-0.05, 0) is 0 Å². The maximum atomic E-state index is 9.97. The van der Waals surface area contributed by atoms with Crippen LogP contribution in [0.5, 0.6) is 0 Å². The van der Waals surface area contributed by atoms with Crippen molar-refractivity contribution in [1.82, 2.24) is 5.32 Å². The summed E-state index contributed by atoms with van der Waals surface area (Å²) in [5, 5.41) is 11.8. The fourth-order valence-corrected chi connectivity index (χ4v) is 1.69. The number of carboxylic acid groups (broad SMARTS) is 1. The summed E-state index contributed by atoms with van der Waals surface area (Å²) in [6, 6.07) is -0.0394. The summed E-state index contributed by atoms with van der Waals surface area (Å²) < 4.78 is 0. The van der Waals surface area contributed by atoms with Gasteiger partial charge < -0.3 is 10.4 Å². The molecule has 5 heteroatoms. The van der Waals surface area contributed by atoms with Crippen LogP contribution in [-0.2, 0) is 0 Å². The Hall–Kier alpha value is 0.230. The number of alkyl halides is 2. The minimum Gasteiger partial charge on any atom is -0.465 e. The second kappa shape index (κ2) is 5.05. The quantitative estimate of drug-likeness (QED) is 0.754. The van der Waals surface area contributed by atoms with Gasteiger partial charge in [0, 0.05) is 10.7 Å². The normalized spacial score (nSPS) is 9.67. The molecule has 0 radical (unpaired) electrons. The van der Waals surface area contributed by atoms with Crippen molar-refractivity contribution in [2.45, 2.75) is 6.04 Å². The van der Waals surface area contributed by atoms with Crippen LogP contribution >= 0.6 is 31.9 Å². The smallest absolute Gasteiger partial charge is 0.404 e. The van der Waals surface area contributed by atoms with Crippen LogP contribution in [0.25, 0.3) is 0 Å². The van der Waals surface area contributed by atoms with E-state index in [0.29, 0.717) is 10.7 Å². The van der Waals surface area contributed by atoms with Crippen LogP contribution in [0.3, 0.4) is 0 Å². The van der Waals surface area contributed by atoms with Gasteiger partial charge >= 0.3 is 6.09 Å². The van der Waals surface area contributed by atoms with Crippen LogP contribution in [-0.4, -0.2) is 27.9 Å². The Morgan fingerprint density at radius 3 is 2.11 bits per heavy atom. The Morgan fingerprint density at radius 2 is 2.00 bits per heavy atom. The third kappa shape index (κ3) is 4.72. The van der Waals surface area contributed by atoms with Crippen molar-refractivity contribution < 1.29 is 9.90 Å². The first-order valence-electron chi connectivity index (χ1n) is 2.32. The Balaban J connectivity index is 3.43. The molecule has 9 heavy (non-hydrogen) atoms. The maximum absolute atomic E-state index is 9.97. The van der Waals surface area contributed by atoms with Crippen LogP contribution < -0.4 is 5.32 Å². The van der Waals surface area contributed by atoms with E-state index < -0.39 is 6.09 Å². The van der Waals surface area contributed by atoms with E-state index >= 15 is 0 Å². The van der Waals surface area contributed by atoms with Crippen molar-refractivity contribution in [3.63, 3.8) is 0 Å². The van der Waals surface area contributed by atoms with Gasteiger partial charge in [-0.3, -0.25) is 0 Å². The molecule has 0 aliphatic heterocycles. The van der Waals surface area contributed by atoms with Gasteiger partial charge in [0.15, 0.2) is 0 Å². The third-order valence-corrected chi connectivity index (χ3v) is 2.26. The minimum atomic E-state index is -0.987. The first kappa shape index (κ1) is 9.23. The highest BCUT2D eigenvalue weighted by Crippen LogP contribution is 1.94. The van der Waals surface area contributed by atoms with E-state index in [1.165, 1.54) is 0 Å². The van der Waals surface area contributed by atoms with Crippen molar-refractivity contribution in [2.24, 2.45) is 0 Å². The van der Waals surface area contributed by atoms with E-state index in [2.05, 4.69) is 37.2 Å². The number of nitrogens with one attached hydrogen (secondary N) is 1. The number of rotatable bonds is 3. The Labute approximate surface area is 70.1 Å². The zero-order chi connectivity index (χ0) is 7.28. The molecule has 2 N–H and O–H groups in total. The van der Waals surface area contributed by atoms with E-state index in [4.69, 9.17) is 5.11 Å². The molecular weight excluding hydrogens is 254 g/mol. The van der Waals surface area contributed by atoms with Crippen LogP contribution in [0, 0.1) is 0 Å². The monoisotopic (exact) mass is 259 g/mol. The summed E-state index contributed by atoms with van der Waals surface area (Å²) in [6.45, 7) is 0. The SMILES string of the molecule is O=C(O)NC(CBr)CBr. The second-order valence-corrected chi connectivity index (χ2v) is 2.75. The molecule has 0 aromatic rings. The highest BCUT2D eigenvalue weighted by atomic mass is 79.9. The van der Waals surface area contributed by atoms with Gasteiger partial charge in [-0.15, -0.1) is 0 Å². The lowest BCUT2D eigenvalue weighted by Gasteiger charge is -2.08. The summed E-state index contributed by atoms with van der Waals surface area (Å²) in [6.07, 6.45) is -0.987. The van der Waals surface area contributed by atoms with E-state index in [9.17, 15) is 4.79 Å². The molecular formula is C4H7Br2NO2. The lowest BCUT2D eigenvalue weighted by atomic mass is 10.4. The average Bonchev–Trinajstić information content (AvgIpc) is 1.82. The number of amides is 1. The summed E-state index contributed by atoms with van der Waals surface area (Å²) in [5.41, 5.74) is 0. The van der Waals surface area contributed by atoms with Gasteiger partial charge in [0.25, 0.3) is 0 Å². The number of carbonyl (C=O) groups is 1. The van der Waals surface area contributed by atoms with Gasteiger partial charge in [0.1, 0.15) is 0 Å². The second-order valence-electron chi connectivity index (χ2n) is 1.46. The average molecular weight is 261 g/mol. The van der Waals surface area contributed by atoms with Gasteiger partial charge in [-0.2, -0.15) is 0 Å². The molecule has 0 saturated heterocycles. The Bertz CT molecular complexity index is 94.6. The standard InChI is InChI=1S/C4H7Br2NO2/c5-1-3(2-6)7-4(8)9/h3,7H,1-2H2,(H,8,9). The molecule has 0 aliphatic carbocycles. The van der Waals surface area contributed by atoms with Crippen molar-refractivity contribution in [1.29, 1.82) is 0 Å². The predicted molar refractivity (Wildman–Crippen MR) is 42.5 cm³/mol. The summed E-state index contributed by atoms with van der Waals surface area (Å²) in [4.78, 5) is 9.97. The lowest BCUT2D eigenvalue weighted by molar-refractivity contribution is 0.192. The minimum absolute atomic E-state index is 0.0394. The third-order valence-electron chi connectivity index (χ3n) is 0.700. The van der Waals surface area contributed by atoms with Crippen molar-refractivity contribution in [3.05, 3.63) is 0 Å². The molecule has 1 amide bonds. The van der Waals surface area contributed by atoms with E-state index in [-0.39, 0.29) is 6.04 Å².